The number of hydrogen-bond donors (Lipinski definition) is 1. The summed E-state index contributed by atoms with van der Waals surface area (Å²) in [6.45, 7) is 1.78. The van der Waals surface area contributed by atoms with Gasteiger partial charge in [0.2, 0.25) is 0 Å². The molecule has 0 saturated heterocycles. The van der Waals surface area contributed by atoms with Crippen LogP contribution in [0.5, 0.6) is 0 Å². The Morgan fingerprint density at radius 1 is 1.35 bits per heavy atom. The van der Waals surface area contributed by atoms with Crippen LogP contribution in [0.4, 0.5) is 4.39 Å². The van der Waals surface area contributed by atoms with Gasteiger partial charge in [-0.1, -0.05) is 33.6 Å². The van der Waals surface area contributed by atoms with Crippen LogP contribution >= 0.6 is 15.9 Å². The van der Waals surface area contributed by atoms with Gasteiger partial charge < -0.3 is 5.32 Å². The molecule has 1 N–H and O–H groups in total. The molecule has 0 amide bonds. The van der Waals surface area contributed by atoms with Crippen LogP contribution < -0.4 is 5.32 Å². The summed E-state index contributed by atoms with van der Waals surface area (Å²) in [5, 5.41) is 3.40. The van der Waals surface area contributed by atoms with E-state index in [1.54, 1.807) is 5.57 Å². The Morgan fingerprint density at radius 2 is 2.24 bits per heavy atom. The van der Waals surface area contributed by atoms with Crippen LogP contribution in [-0.4, -0.2) is 6.54 Å². The predicted octanol–water partition coefficient (Wildman–Crippen LogP) is 4.18. The van der Waals surface area contributed by atoms with Crippen molar-refractivity contribution in [2.24, 2.45) is 0 Å². The van der Waals surface area contributed by atoms with Crippen LogP contribution in [0.3, 0.4) is 0 Å². The zero-order chi connectivity index (χ0) is 12.1. The molecule has 1 aromatic rings. The smallest absolute Gasteiger partial charge is 0.124 e. The summed E-state index contributed by atoms with van der Waals surface area (Å²) in [7, 11) is 0. The lowest BCUT2D eigenvalue weighted by molar-refractivity contribution is 0.623. The van der Waals surface area contributed by atoms with Gasteiger partial charge in [-0.15, -0.1) is 0 Å². The van der Waals surface area contributed by atoms with E-state index in [0.717, 1.165) is 29.5 Å². The van der Waals surface area contributed by atoms with E-state index in [1.165, 1.54) is 31.4 Å². The molecular weight excluding hydrogens is 281 g/mol. The molecule has 0 unspecified atom stereocenters. The summed E-state index contributed by atoms with van der Waals surface area (Å²) in [6.07, 6.45) is 7.33. The van der Waals surface area contributed by atoms with Crippen LogP contribution in [-0.2, 0) is 6.54 Å². The second-order valence-electron chi connectivity index (χ2n) is 4.42. The molecule has 0 bridgehead atoms. The van der Waals surface area contributed by atoms with E-state index < -0.39 is 0 Å². The van der Waals surface area contributed by atoms with Crippen LogP contribution in [0.2, 0.25) is 0 Å². The van der Waals surface area contributed by atoms with Crippen molar-refractivity contribution in [3.63, 3.8) is 0 Å². The second kappa shape index (κ2) is 6.31. The normalized spacial score (nSPS) is 15.1. The van der Waals surface area contributed by atoms with Crippen LogP contribution in [0.25, 0.3) is 0 Å². The molecule has 0 heterocycles. The quantitative estimate of drug-likeness (QED) is 0.635. The van der Waals surface area contributed by atoms with Gasteiger partial charge in [-0.2, -0.15) is 0 Å². The minimum atomic E-state index is -0.197. The molecule has 17 heavy (non-hydrogen) atoms. The summed E-state index contributed by atoms with van der Waals surface area (Å²) < 4.78 is 13.7. The third-order valence-electron chi connectivity index (χ3n) is 3.09. The number of halogens is 2. The highest BCUT2D eigenvalue weighted by molar-refractivity contribution is 9.10. The molecule has 1 aliphatic rings. The van der Waals surface area contributed by atoms with Crippen molar-refractivity contribution in [3.8, 4) is 0 Å². The lowest BCUT2D eigenvalue weighted by atomic mass is 10.1. The SMILES string of the molecule is Fc1ccc(CNCCC2=CCCC2)c(Br)c1. The number of benzene rings is 1. The third-order valence-corrected chi connectivity index (χ3v) is 3.83. The van der Waals surface area contributed by atoms with Crippen molar-refractivity contribution < 1.29 is 4.39 Å². The number of hydrogen-bond acceptors (Lipinski definition) is 1. The highest BCUT2D eigenvalue weighted by Crippen LogP contribution is 2.20. The molecule has 3 heteroatoms. The minimum absolute atomic E-state index is 0.197. The Hall–Kier alpha value is -0.670. The summed E-state index contributed by atoms with van der Waals surface area (Å²) in [4.78, 5) is 0. The van der Waals surface area contributed by atoms with Crippen molar-refractivity contribution in [3.05, 3.63) is 45.7 Å². The van der Waals surface area contributed by atoms with Gasteiger partial charge in [0, 0.05) is 11.0 Å². The van der Waals surface area contributed by atoms with E-state index in [0.29, 0.717) is 0 Å². The van der Waals surface area contributed by atoms with Gasteiger partial charge in [0.05, 0.1) is 0 Å². The zero-order valence-electron chi connectivity index (χ0n) is 9.81. The highest BCUT2D eigenvalue weighted by Gasteiger charge is 2.04. The Balaban J connectivity index is 1.74. The first kappa shape index (κ1) is 12.8. The van der Waals surface area contributed by atoms with Crippen LogP contribution in [0.15, 0.2) is 34.3 Å². The third kappa shape index (κ3) is 3.93. The molecule has 1 aliphatic carbocycles. The second-order valence-corrected chi connectivity index (χ2v) is 5.27. The van der Waals surface area contributed by atoms with E-state index in [9.17, 15) is 4.39 Å². The lowest BCUT2D eigenvalue weighted by Gasteiger charge is -2.07. The van der Waals surface area contributed by atoms with Gasteiger partial charge in [-0.05, 0) is 49.9 Å². The molecule has 1 aromatic carbocycles. The molecule has 92 valence electrons. The maximum atomic E-state index is 12.9. The molecule has 0 fully saturated rings. The largest absolute Gasteiger partial charge is 0.312 e. The minimum Gasteiger partial charge on any atom is -0.312 e. The number of nitrogens with one attached hydrogen (secondary N) is 1. The van der Waals surface area contributed by atoms with E-state index in [1.807, 2.05) is 6.07 Å². The van der Waals surface area contributed by atoms with E-state index in [4.69, 9.17) is 0 Å². The van der Waals surface area contributed by atoms with Crippen molar-refractivity contribution in [1.29, 1.82) is 0 Å². The molecule has 0 radical (unpaired) electrons. The topological polar surface area (TPSA) is 12.0 Å². The van der Waals surface area contributed by atoms with Gasteiger partial charge >= 0.3 is 0 Å². The number of allylic oxidation sites excluding steroid dienone is 1. The van der Waals surface area contributed by atoms with Gasteiger partial charge in [-0.3, -0.25) is 0 Å². The molecule has 0 aromatic heterocycles. The van der Waals surface area contributed by atoms with Gasteiger partial charge in [0.25, 0.3) is 0 Å². The fourth-order valence-electron chi connectivity index (χ4n) is 2.10. The Bertz CT molecular complexity index is 415. The number of rotatable bonds is 5. The zero-order valence-corrected chi connectivity index (χ0v) is 11.4. The first-order valence-corrected chi connectivity index (χ1v) is 6.87. The monoisotopic (exact) mass is 297 g/mol. The first-order chi connectivity index (χ1) is 8.25. The van der Waals surface area contributed by atoms with Gasteiger partial charge in [-0.25, -0.2) is 4.39 Å². The molecule has 0 saturated carbocycles. The van der Waals surface area contributed by atoms with E-state index in [-0.39, 0.29) is 5.82 Å². The van der Waals surface area contributed by atoms with Crippen molar-refractivity contribution in [2.75, 3.05) is 6.54 Å². The van der Waals surface area contributed by atoms with Crippen molar-refractivity contribution in [1.82, 2.24) is 5.32 Å². The van der Waals surface area contributed by atoms with Crippen LogP contribution in [0, 0.1) is 5.82 Å². The van der Waals surface area contributed by atoms with Crippen LogP contribution in [0.1, 0.15) is 31.2 Å². The summed E-state index contributed by atoms with van der Waals surface area (Å²) in [5.74, 6) is -0.197. The fraction of sp³-hybridized carbons (Fsp3) is 0.429. The molecule has 2 rings (SSSR count). The Kier molecular flexibility index (Phi) is 4.75. The Morgan fingerprint density at radius 3 is 2.94 bits per heavy atom. The lowest BCUT2D eigenvalue weighted by Crippen LogP contribution is -2.15. The highest BCUT2D eigenvalue weighted by atomic mass is 79.9. The van der Waals surface area contributed by atoms with Gasteiger partial charge in [0.15, 0.2) is 0 Å². The Labute approximate surface area is 110 Å². The van der Waals surface area contributed by atoms with E-state index >= 15 is 0 Å². The van der Waals surface area contributed by atoms with Crippen molar-refractivity contribution >= 4 is 15.9 Å². The molecule has 0 spiro atoms. The standard InChI is InChI=1S/C14H17BrFN/c15-14-9-13(16)6-5-12(14)10-17-8-7-11-3-1-2-4-11/h3,5-6,9,17H,1-2,4,7-8,10H2. The molecule has 0 atom stereocenters. The fourth-order valence-corrected chi connectivity index (χ4v) is 2.59. The first-order valence-electron chi connectivity index (χ1n) is 6.08. The molecular formula is C14H17BrFN. The summed E-state index contributed by atoms with van der Waals surface area (Å²) >= 11 is 3.37. The summed E-state index contributed by atoms with van der Waals surface area (Å²) in [5.41, 5.74) is 2.68. The maximum Gasteiger partial charge on any atom is 0.124 e. The average Bonchev–Trinajstić information content (AvgIpc) is 2.79. The summed E-state index contributed by atoms with van der Waals surface area (Å²) in [6, 6.07) is 4.83. The molecule has 0 aliphatic heterocycles. The maximum absolute atomic E-state index is 12.9. The van der Waals surface area contributed by atoms with Gasteiger partial charge in [0.1, 0.15) is 5.82 Å². The van der Waals surface area contributed by atoms with Crippen molar-refractivity contribution in [2.45, 2.75) is 32.2 Å². The average molecular weight is 298 g/mol. The predicted molar refractivity (Wildman–Crippen MR) is 72.4 cm³/mol. The van der Waals surface area contributed by atoms with E-state index in [2.05, 4.69) is 27.3 Å². The molecule has 1 nitrogen and oxygen atoms in total.